The highest BCUT2D eigenvalue weighted by molar-refractivity contribution is 5.96. The number of hydroxylamine groups is 1. The zero-order valence-corrected chi connectivity index (χ0v) is 26.8. The minimum atomic E-state index is -0.965. The predicted octanol–water partition coefficient (Wildman–Crippen LogP) is 6.06. The van der Waals surface area contributed by atoms with Crippen molar-refractivity contribution in [3.8, 4) is 16.9 Å². The fourth-order valence-electron chi connectivity index (χ4n) is 5.77. The first-order valence-electron chi connectivity index (χ1n) is 15.7. The van der Waals surface area contributed by atoms with Crippen LogP contribution in [0.5, 0.6) is 5.75 Å². The van der Waals surface area contributed by atoms with Crippen molar-refractivity contribution in [2.24, 2.45) is 0 Å². The Balaban J connectivity index is 1.22. The van der Waals surface area contributed by atoms with E-state index in [1.54, 1.807) is 39.0 Å². The van der Waals surface area contributed by atoms with Gasteiger partial charge in [0.05, 0.1) is 12.7 Å². The standard InChI is InChI=1S/C36H42N2O8/c1-36(2,3)45-34(40)30(37-35(41)44-22-29-26-13-7-5-11-24(26)25-12-6-8-14-27(25)29)19-17-23-16-18-28(31(21-23)42-4)33(39)38-46-32-15-9-10-20-43-32/h5-8,11-14,16,18,21,29-30,32H,9-10,15,17,19-20,22H2,1-4H3,(H,37,41)(H,38,39). The number of ether oxygens (including phenoxy) is 4. The molecule has 10 heteroatoms. The first kappa shape index (κ1) is 33.0. The molecule has 1 aliphatic heterocycles. The number of hydrogen-bond donors (Lipinski definition) is 2. The number of benzene rings is 3. The lowest BCUT2D eigenvalue weighted by atomic mass is 9.98. The van der Waals surface area contributed by atoms with Gasteiger partial charge in [-0.15, -0.1) is 0 Å². The van der Waals surface area contributed by atoms with Gasteiger partial charge in [0.1, 0.15) is 24.0 Å². The summed E-state index contributed by atoms with van der Waals surface area (Å²) in [6, 6.07) is 20.4. The van der Waals surface area contributed by atoms with Crippen molar-refractivity contribution >= 4 is 18.0 Å². The second-order valence-electron chi connectivity index (χ2n) is 12.5. The number of alkyl carbamates (subject to hydrolysis) is 1. The third kappa shape index (κ3) is 8.24. The molecule has 0 radical (unpaired) electrons. The van der Waals surface area contributed by atoms with Crippen LogP contribution in [0.1, 0.15) is 79.4 Å². The summed E-state index contributed by atoms with van der Waals surface area (Å²) in [6.07, 6.45) is 2.09. The van der Waals surface area contributed by atoms with Crippen LogP contribution in [0.2, 0.25) is 0 Å². The molecule has 2 amide bonds. The molecule has 0 saturated carbocycles. The highest BCUT2D eigenvalue weighted by atomic mass is 16.8. The number of nitrogens with one attached hydrogen (secondary N) is 2. The van der Waals surface area contributed by atoms with Crippen LogP contribution in [0.15, 0.2) is 66.7 Å². The number of hydrogen-bond acceptors (Lipinski definition) is 8. The van der Waals surface area contributed by atoms with E-state index in [1.807, 2.05) is 36.4 Å². The summed E-state index contributed by atoms with van der Waals surface area (Å²) < 4.78 is 22.3. The fraction of sp³-hybridized carbons (Fsp3) is 0.417. The molecule has 5 rings (SSSR count). The summed E-state index contributed by atoms with van der Waals surface area (Å²) in [5, 5.41) is 2.73. The maximum absolute atomic E-state index is 13.2. The Hall–Kier alpha value is -4.41. The van der Waals surface area contributed by atoms with Crippen LogP contribution in [0.25, 0.3) is 11.1 Å². The number of carbonyl (C=O) groups is 3. The minimum Gasteiger partial charge on any atom is -0.496 e. The highest BCUT2D eigenvalue weighted by Crippen LogP contribution is 2.44. The van der Waals surface area contributed by atoms with Crippen molar-refractivity contribution in [3.63, 3.8) is 0 Å². The average molecular weight is 631 g/mol. The molecule has 1 fully saturated rings. The molecule has 1 saturated heterocycles. The van der Waals surface area contributed by atoms with Crippen molar-refractivity contribution in [1.29, 1.82) is 0 Å². The summed E-state index contributed by atoms with van der Waals surface area (Å²) in [5.41, 5.74) is 7.24. The number of aryl methyl sites for hydroxylation is 1. The maximum Gasteiger partial charge on any atom is 0.407 e. The Labute approximate surface area is 269 Å². The van der Waals surface area contributed by atoms with E-state index in [9.17, 15) is 14.4 Å². The Morgan fingerprint density at radius 1 is 0.957 bits per heavy atom. The topological polar surface area (TPSA) is 121 Å². The molecule has 3 aromatic rings. The van der Waals surface area contributed by atoms with E-state index in [-0.39, 0.29) is 18.9 Å². The van der Waals surface area contributed by atoms with Gasteiger partial charge in [-0.3, -0.25) is 4.79 Å². The van der Waals surface area contributed by atoms with Gasteiger partial charge in [-0.2, -0.15) is 0 Å². The molecule has 2 atom stereocenters. The zero-order chi connectivity index (χ0) is 32.7. The van der Waals surface area contributed by atoms with Crippen LogP contribution >= 0.6 is 0 Å². The molecule has 2 N–H and O–H groups in total. The predicted molar refractivity (Wildman–Crippen MR) is 171 cm³/mol. The summed E-state index contributed by atoms with van der Waals surface area (Å²) in [5.74, 6) is -0.782. The molecular formula is C36H42N2O8. The first-order chi connectivity index (χ1) is 22.1. The number of fused-ring (bicyclic) bond motifs is 3. The van der Waals surface area contributed by atoms with Crippen molar-refractivity contribution in [2.75, 3.05) is 20.3 Å². The fourth-order valence-corrected chi connectivity index (χ4v) is 5.77. The van der Waals surface area contributed by atoms with Crippen molar-refractivity contribution < 1.29 is 38.2 Å². The van der Waals surface area contributed by atoms with Gasteiger partial charge >= 0.3 is 12.1 Å². The number of carbonyl (C=O) groups excluding carboxylic acids is 3. The van der Waals surface area contributed by atoms with E-state index in [2.05, 4.69) is 22.9 Å². The Kier molecular flexibility index (Phi) is 10.6. The quantitative estimate of drug-likeness (QED) is 0.194. The molecule has 0 bridgehead atoms. The van der Waals surface area contributed by atoms with Gasteiger partial charge in [0.25, 0.3) is 5.91 Å². The van der Waals surface area contributed by atoms with Gasteiger partial charge in [-0.25, -0.2) is 19.9 Å². The first-order valence-corrected chi connectivity index (χ1v) is 15.7. The summed E-state index contributed by atoms with van der Waals surface area (Å²) in [6.45, 7) is 6.03. The minimum absolute atomic E-state index is 0.109. The van der Waals surface area contributed by atoms with Crippen molar-refractivity contribution in [2.45, 2.75) is 76.7 Å². The van der Waals surface area contributed by atoms with Gasteiger partial charge in [0.15, 0.2) is 6.29 Å². The summed E-state index contributed by atoms with van der Waals surface area (Å²) >= 11 is 0. The lowest BCUT2D eigenvalue weighted by Crippen LogP contribution is -2.45. The molecule has 46 heavy (non-hydrogen) atoms. The van der Waals surface area contributed by atoms with Gasteiger partial charge in [-0.1, -0.05) is 54.6 Å². The third-order valence-electron chi connectivity index (χ3n) is 7.98. The van der Waals surface area contributed by atoms with Crippen molar-refractivity contribution in [3.05, 3.63) is 89.0 Å². The van der Waals surface area contributed by atoms with Crippen LogP contribution in [-0.4, -0.2) is 56.2 Å². The Morgan fingerprint density at radius 2 is 1.65 bits per heavy atom. The van der Waals surface area contributed by atoms with Crippen LogP contribution in [0, 0.1) is 0 Å². The van der Waals surface area contributed by atoms with E-state index in [0.717, 1.165) is 40.7 Å². The molecule has 1 aliphatic carbocycles. The average Bonchev–Trinajstić information content (AvgIpc) is 3.37. The largest absolute Gasteiger partial charge is 0.496 e. The SMILES string of the molecule is COc1cc(CCC(NC(=O)OCC2c3ccccc3-c3ccccc32)C(=O)OC(C)(C)C)ccc1C(=O)NOC1CCCCO1. The molecule has 3 aromatic carbocycles. The lowest BCUT2D eigenvalue weighted by Gasteiger charge is -2.25. The number of amides is 2. The maximum atomic E-state index is 13.2. The monoisotopic (exact) mass is 630 g/mol. The molecule has 1 heterocycles. The molecule has 0 aromatic heterocycles. The van der Waals surface area contributed by atoms with Crippen molar-refractivity contribution in [1.82, 2.24) is 10.8 Å². The summed E-state index contributed by atoms with van der Waals surface area (Å²) in [4.78, 5) is 44.5. The normalized spacial score (nSPS) is 16.5. The van der Waals surface area contributed by atoms with Gasteiger partial charge in [0, 0.05) is 18.9 Å². The second kappa shape index (κ2) is 14.8. The van der Waals surface area contributed by atoms with E-state index in [0.29, 0.717) is 30.8 Å². The smallest absolute Gasteiger partial charge is 0.407 e. The number of methoxy groups -OCH3 is 1. The third-order valence-corrected chi connectivity index (χ3v) is 7.98. The number of rotatable bonds is 11. The van der Waals surface area contributed by atoms with Gasteiger partial charge in [0.2, 0.25) is 0 Å². The van der Waals surface area contributed by atoms with Crippen LogP contribution in [0.3, 0.4) is 0 Å². The number of esters is 1. The van der Waals surface area contributed by atoms with E-state index in [1.165, 1.54) is 7.11 Å². The molecule has 2 unspecified atom stereocenters. The van der Waals surface area contributed by atoms with Gasteiger partial charge < -0.3 is 24.3 Å². The van der Waals surface area contributed by atoms with Crippen LogP contribution in [0.4, 0.5) is 4.79 Å². The summed E-state index contributed by atoms with van der Waals surface area (Å²) in [7, 11) is 1.48. The van der Waals surface area contributed by atoms with E-state index in [4.69, 9.17) is 23.8 Å². The van der Waals surface area contributed by atoms with Gasteiger partial charge in [-0.05, 0) is 86.4 Å². The molecule has 0 spiro atoms. The van der Waals surface area contributed by atoms with Crippen LogP contribution in [-0.2, 0) is 30.3 Å². The second-order valence-corrected chi connectivity index (χ2v) is 12.5. The Bertz CT molecular complexity index is 1500. The van der Waals surface area contributed by atoms with E-state index >= 15 is 0 Å². The highest BCUT2D eigenvalue weighted by Gasteiger charge is 2.31. The zero-order valence-electron chi connectivity index (χ0n) is 26.8. The molecule has 2 aliphatic rings. The Morgan fingerprint density at radius 3 is 2.28 bits per heavy atom. The molecule has 244 valence electrons. The molecular weight excluding hydrogens is 588 g/mol. The van der Waals surface area contributed by atoms with Crippen LogP contribution < -0.4 is 15.5 Å². The molecule has 10 nitrogen and oxygen atoms in total. The van der Waals surface area contributed by atoms with E-state index < -0.39 is 35.9 Å². The lowest BCUT2D eigenvalue weighted by molar-refractivity contribution is -0.186.